The number of rotatable bonds is 6. The van der Waals surface area contributed by atoms with Crippen LogP contribution in [0.15, 0.2) is 71.9 Å². The molecule has 2 aliphatic rings. The molecule has 0 saturated carbocycles. The molecule has 2 amide bonds. The van der Waals surface area contributed by atoms with E-state index < -0.39 is 17.2 Å². The number of piperidine rings is 1. The van der Waals surface area contributed by atoms with Crippen LogP contribution in [-0.2, 0) is 11.3 Å². The number of likely N-dealkylation sites (tertiary alicyclic amines) is 1. The van der Waals surface area contributed by atoms with Crippen LogP contribution in [-0.4, -0.2) is 65.1 Å². The van der Waals surface area contributed by atoms with Gasteiger partial charge in [-0.05, 0) is 68.4 Å². The summed E-state index contributed by atoms with van der Waals surface area (Å²) in [6, 6.07) is 15.8. The highest BCUT2D eigenvalue weighted by atomic mass is 35.5. The Morgan fingerprint density at radius 1 is 0.956 bits per heavy atom. The summed E-state index contributed by atoms with van der Waals surface area (Å²) < 4.78 is 29.7. The molecule has 3 heterocycles. The summed E-state index contributed by atoms with van der Waals surface area (Å²) in [5, 5.41) is 9.40. The van der Waals surface area contributed by atoms with Crippen molar-refractivity contribution in [3.63, 3.8) is 0 Å². The second-order valence-corrected chi connectivity index (χ2v) is 11.4. The van der Waals surface area contributed by atoms with Gasteiger partial charge in [0.25, 0.3) is 5.91 Å². The van der Waals surface area contributed by atoms with Crippen molar-refractivity contribution in [2.45, 2.75) is 24.9 Å². The Morgan fingerprint density at radius 2 is 1.67 bits per heavy atom. The Kier molecular flexibility index (Phi) is 8.30. The highest BCUT2D eigenvalue weighted by Crippen LogP contribution is 2.35. The summed E-state index contributed by atoms with van der Waals surface area (Å²) in [6.07, 6.45) is 2.66. The average Bonchev–Trinajstić information content (AvgIpc) is 3.21. The van der Waals surface area contributed by atoms with Crippen molar-refractivity contribution in [1.82, 2.24) is 25.5 Å². The van der Waals surface area contributed by atoms with Crippen molar-refractivity contribution in [2.75, 3.05) is 32.5 Å². The van der Waals surface area contributed by atoms with Gasteiger partial charge < -0.3 is 20.9 Å². The number of likely N-dealkylation sites (N-methyl/N-ethyl adjacent to an activating group) is 2. The van der Waals surface area contributed by atoms with Crippen molar-refractivity contribution in [3.05, 3.63) is 106 Å². The van der Waals surface area contributed by atoms with Gasteiger partial charge in [-0.15, -0.1) is 0 Å². The summed E-state index contributed by atoms with van der Waals surface area (Å²) in [5.74, 6) is -1.34. The number of fused-ring (bicyclic) bond motifs is 3. The van der Waals surface area contributed by atoms with Crippen LogP contribution in [0.4, 0.5) is 20.4 Å². The van der Waals surface area contributed by atoms with Gasteiger partial charge in [-0.25, -0.2) is 18.7 Å². The first kappa shape index (κ1) is 30.3. The number of amides is 2. The minimum absolute atomic E-state index is 0.0770. The molecule has 1 fully saturated rings. The first-order valence-electron chi connectivity index (χ1n) is 14.5. The van der Waals surface area contributed by atoms with Crippen LogP contribution in [0.3, 0.4) is 0 Å². The molecule has 230 valence electrons. The van der Waals surface area contributed by atoms with Gasteiger partial charge in [0.1, 0.15) is 17.2 Å². The minimum Gasteiger partial charge on any atom is -0.358 e. The van der Waals surface area contributed by atoms with Gasteiger partial charge in [0.15, 0.2) is 0 Å². The van der Waals surface area contributed by atoms with Crippen LogP contribution in [0.1, 0.15) is 39.9 Å². The fraction of sp³-hybridized carbons (Fsp3) is 0.242. The molecule has 1 aromatic heterocycles. The molecule has 0 aliphatic carbocycles. The number of carbonyl (C=O) groups excluding carboxylic acids is 2. The van der Waals surface area contributed by atoms with Crippen LogP contribution < -0.4 is 16.0 Å². The zero-order chi connectivity index (χ0) is 31.7. The number of benzene rings is 3. The molecular formula is C33H30ClF2N7O2. The lowest BCUT2D eigenvalue weighted by Gasteiger charge is -2.40. The summed E-state index contributed by atoms with van der Waals surface area (Å²) in [6.45, 7) is 1.02. The van der Waals surface area contributed by atoms with Crippen LogP contribution in [0.2, 0.25) is 5.02 Å². The molecule has 4 aromatic rings. The molecule has 45 heavy (non-hydrogen) atoms. The number of halogens is 3. The number of anilines is 2. The molecule has 3 N–H and O–H groups in total. The summed E-state index contributed by atoms with van der Waals surface area (Å²) in [7, 11) is 3.37. The maximum absolute atomic E-state index is 14.8. The molecule has 2 aliphatic heterocycles. The lowest BCUT2D eigenvalue weighted by atomic mass is 9.86. The van der Waals surface area contributed by atoms with E-state index >= 15 is 0 Å². The van der Waals surface area contributed by atoms with Gasteiger partial charge >= 0.3 is 0 Å². The molecule has 0 unspecified atom stereocenters. The maximum Gasteiger partial charge on any atom is 0.253 e. The summed E-state index contributed by atoms with van der Waals surface area (Å²) in [4.78, 5) is 41.1. The van der Waals surface area contributed by atoms with E-state index in [1.54, 1.807) is 67.7 Å². The number of aromatic nitrogens is 2. The van der Waals surface area contributed by atoms with Crippen molar-refractivity contribution in [2.24, 2.45) is 4.99 Å². The Balaban J connectivity index is 1.22. The van der Waals surface area contributed by atoms with E-state index in [-0.39, 0.29) is 29.6 Å². The highest BCUT2D eigenvalue weighted by Gasteiger charge is 2.40. The standard InChI is InChI=1S/C33H30ClF2N7O2/c1-37-31(45)33(38-2)12-14-43(15-13-33)30(44)19-6-9-22(10-7-19)41-32-40-18-20-17-39-29(27-25(35)4-3-5-26(27)36)24-16-21(34)8-11-23(24)28(20)42-32/h3-11,16,18,38H,12-15,17H2,1-2H3,(H,37,45)(H,40,41,42). The van der Waals surface area contributed by atoms with E-state index in [4.69, 9.17) is 16.6 Å². The van der Waals surface area contributed by atoms with Gasteiger partial charge in [-0.3, -0.25) is 14.6 Å². The third-order valence-electron chi connectivity index (χ3n) is 8.40. The van der Waals surface area contributed by atoms with Crippen LogP contribution >= 0.6 is 11.6 Å². The van der Waals surface area contributed by atoms with Crippen molar-refractivity contribution >= 4 is 40.8 Å². The average molecular weight is 630 g/mol. The molecular weight excluding hydrogens is 600 g/mol. The lowest BCUT2D eigenvalue weighted by molar-refractivity contribution is -0.128. The Labute approximate surface area is 263 Å². The van der Waals surface area contributed by atoms with Crippen molar-refractivity contribution in [3.8, 4) is 11.3 Å². The highest BCUT2D eigenvalue weighted by molar-refractivity contribution is 6.31. The number of hydrogen-bond donors (Lipinski definition) is 3. The van der Waals surface area contributed by atoms with Crippen LogP contribution in [0.5, 0.6) is 0 Å². The maximum atomic E-state index is 14.8. The molecule has 0 radical (unpaired) electrons. The second kappa shape index (κ2) is 12.3. The second-order valence-electron chi connectivity index (χ2n) is 10.9. The first-order chi connectivity index (χ1) is 21.7. The van der Waals surface area contributed by atoms with Gasteiger partial charge in [-0.1, -0.05) is 23.7 Å². The van der Waals surface area contributed by atoms with E-state index in [1.165, 1.54) is 18.2 Å². The van der Waals surface area contributed by atoms with E-state index in [1.807, 2.05) is 0 Å². The topological polar surface area (TPSA) is 112 Å². The Bertz CT molecular complexity index is 1800. The third kappa shape index (κ3) is 5.76. The minimum atomic E-state index is -0.726. The van der Waals surface area contributed by atoms with Gasteiger partial charge in [0, 0.05) is 59.3 Å². The van der Waals surface area contributed by atoms with E-state index in [0.29, 0.717) is 70.5 Å². The molecule has 3 aromatic carbocycles. The third-order valence-corrected chi connectivity index (χ3v) is 8.63. The molecule has 12 heteroatoms. The SMILES string of the molecule is CNC(=O)C1(NC)CCN(C(=O)c2ccc(Nc3ncc4c(n3)-c3ccc(Cl)cc3C(c3c(F)cccc3F)=NC4)cc2)CC1. The van der Waals surface area contributed by atoms with Crippen molar-refractivity contribution in [1.29, 1.82) is 0 Å². The predicted molar refractivity (Wildman–Crippen MR) is 169 cm³/mol. The number of carbonyl (C=O) groups is 2. The quantitative estimate of drug-likeness (QED) is 0.273. The van der Waals surface area contributed by atoms with Gasteiger partial charge in [0.05, 0.1) is 23.5 Å². The molecule has 9 nitrogen and oxygen atoms in total. The Hall–Kier alpha value is -4.74. The smallest absolute Gasteiger partial charge is 0.253 e. The Morgan fingerprint density at radius 3 is 2.33 bits per heavy atom. The zero-order valence-corrected chi connectivity index (χ0v) is 25.4. The number of hydrogen-bond acceptors (Lipinski definition) is 7. The van der Waals surface area contributed by atoms with E-state index in [9.17, 15) is 18.4 Å². The van der Waals surface area contributed by atoms with Gasteiger partial charge in [-0.2, -0.15) is 0 Å². The first-order valence-corrected chi connectivity index (χ1v) is 14.8. The predicted octanol–water partition coefficient (Wildman–Crippen LogP) is 5.11. The molecule has 0 atom stereocenters. The number of nitrogens with one attached hydrogen (secondary N) is 3. The van der Waals surface area contributed by atoms with Crippen molar-refractivity contribution < 1.29 is 18.4 Å². The van der Waals surface area contributed by atoms with Crippen LogP contribution in [0.25, 0.3) is 11.3 Å². The fourth-order valence-corrected chi connectivity index (χ4v) is 6.02. The van der Waals surface area contributed by atoms with Gasteiger partial charge in [0.2, 0.25) is 11.9 Å². The zero-order valence-electron chi connectivity index (χ0n) is 24.6. The fourth-order valence-electron chi connectivity index (χ4n) is 5.85. The number of nitrogens with zero attached hydrogens (tertiary/aromatic N) is 4. The summed E-state index contributed by atoms with van der Waals surface area (Å²) >= 11 is 6.32. The lowest BCUT2D eigenvalue weighted by Crippen LogP contribution is -2.60. The molecule has 1 saturated heterocycles. The van der Waals surface area contributed by atoms with E-state index in [2.05, 4.69) is 25.9 Å². The van der Waals surface area contributed by atoms with Crippen LogP contribution in [0, 0.1) is 11.6 Å². The number of aliphatic imine (C=N–C) groups is 1. The normalized spacial score (nSPS) is 15.3. The molecule has 6 rings (SSSR count). The molecule has 0 bridgehead atoms. The summed E-state index contributed by atoms with van der Waals surface area (Å²) in [5.41, 5.74) is 2.73. The monoisotopic (exact) mass is 629 g/mol. The van der Waals surface area contributed by atoms with E-state index in [0.717, 1.165) is 0 Å². The molecule has 0 spiro atoms. The largest absolute Gasteiger partial charge is 0.358 e.